The Morgan fingerprint density at radius 3 is 2.72 bits per heavy atom. The molecule has 2 N–H and O–H groups in total. The van der Waals surface area contributed by atoms with Crippen molar-refractivity contribution in [1.82, 2.24) is 29.0 Å². The van der Waals surface area contributed by atoms with E-state index < -0.39 is 36.3 Å². The van der Waals surface area contributed by atoms with E-state index in [2.05, 4.69) is 15.1 Å². The van der Waals surface area contributed by atoms with Gasteiger partial charge in [-0.1, -0.05) is 0 Å². The first-order valence-electron chi connectivity index (χ1n) is 10.5. The number of imidazole rings is 1. The maximum Gasteiger partial charge on any atom is 0.408 e. The van der Waals surface area contributed by atoms with Crippen molar-refractivity contribution in [3.63, 3.8) is 0 Å². The molecule has 0 saturated carbocycles. The first-order valence-corrected chi connectivity index (χ1v) is 10.5. The molecule has 192 valence electrons. The number of rotatable bonds is 3. The molecule has 36 heavy (non-hydrogen) atoms. The van der Waals surface area contributed by atoms with Crippen LogP contribution in [0.2, 0.25) is 0 Å². The summed E-state index contributed by atoms with van der Waals surface area (Å²) in [5.74, 6) is -2.37. The van der Waals surface area contributed by atoms with Crippen LogP contribution in [0.25, 0.3) is 27.9 Å². The highest BCUT2D eigenvalue weighted by Gasteiger charge is 2.31. The number of hydrogen-bond donors (Lipinski definition) is 1. The zero-order valence-corrected chi connectivity index (χ0v) is 19.2. The molecule has 1 amide bonds. The highest BCUT2D eigenvalue weighted by Crippen LogP contribution is 2.31. The van der Waals surface area contributed by atoms with E-state index in [1.54, 1.807) is 0 Å². The highest BCUT2D eigenvalue weighted by molar-refractivity contribution is 5.99. The lowest BCUT2D eigenvalue weighted by Gasteiger charge is -2.21. The Labute approximate surface area is 206 Å². The Hall–Kier alpha value is -3.36. The number of carbonyl (C=O) groups is 1. The van der Waals surface area contributed by atoms with Crippen molar-refractivity contribution in [1.29, 1.82) is 0 Å². The molecule has 4 aromatic heterocycles. The maximum atomic E-state index is 14.1. The summed E-state index contributed by atoms with van der Waals surface area (Å²) < 4.78 is 75.0. The Kier molecular flexibility index (Phi) is 6.86. The monoisotopic (exact) mass is 531 g/mol. The number of ether oxygens (including phenoxy) is 1. The van der Waals surface area contributed by atoms with E-state index in [0.717, 1.165) is 10.6 Å². The third-order valence-electron chi connectivity index (χ3n) is 5.53. The fraction of sp³-hybridized carbons (Fsp3) is 0.333. The molecule has 1 fully saturated rings. The molecular formula is C21H19ClF5N7O2. The topological polar surface area (TPSA) is 104 Å². The van der Waals surface area contributed by atoms with Crippen molar-refractivity contribution >= 4 is 34.9 Å². The Morgan fingerprint density at radius 1 is 1.19 bits per heavy atom. The predicted molar refractivity (Wildman–Crippen MR) is 120 cm³/mol. The lowest BCUT2D eigenvalue weighted by Crippen LogP contribution is -2.41. The van der Waals surface area contributed by atoms with Crippen LogP contribution in [0, 0.1) is 11.6 Å². The van der Waals surface area contributed by atoms with Gasteiger partial charge in [-0.3, -0.25) is 18.9 Å². The molecule has 1 unspecified atom stereocenters. The van der Waals surface area contributed by atoms with Gasteiger partial charge in [0.2, 0.25) is 0 Å². The van der Waals surface area contributed by atoms with Crippen LogP contribution in [-0.2, 0) is 11.3 Å². The van der Waals surface area contributed by atoms with Gasteiger partial charge in [-0.25, -0.2) is 13.8 Å². The normalized spacial score (nSPS) is 16.8. The Balaban J connectivity index is 0.00000304. The van der Waals surface area contributed by atoms with Gasteiger partial charge in [-0.2, -0.15) is 18.3 Å². The number of carbonyl (C=O) groups excluding carboxylic acids is 1. The van der Waals surface area contributed by atoms with Crippen LogP contribution >= 0.6 is 12.4 Å². The van der Waals surface area contributed by atoms with E-state index >= 15 is 0 Å². The smallest absolute Gasteiger partial charge is 0.378 e. The second-order valence-electron chi connectivity index (χ2n) is 8.14. The summed E-state index contributed by atoms with van der Waals surface area (Å²) in [6.07, 6.45) is -1.29. The van der Waals surface area contributed by atoms with Crippen LogP contribution in [-0.4, -0.2) is 73.5 Å². The molecular weight excluding hydrogens is 513 g/mol. The Morgan fingerprint density at radius 2 is 1.97 bits per heavy atom. The molecule has 0 aliphatic carbocycles. The first-order chi connectivity index (χ1) is 16.6. The zero-order valence-electron chi connectivity index (χ0n) is 18.4. The van der Waals surface area contributed by atoms with E-state index in [9.17, 15) is 26.7 Å². The van der Waals surface area contributed by atoms with Gasteiger partial charge in [-0.05, 0) is 6.07 Å². The molecule has 4 aromatic rings. The zero-order chi connectivity index (χ0) is 24.9. The van der Waals surface area contributed by atoms with Crippen LogP contribution in [0.3, 0.4) is 0 Å². The SMILES string of the molecule is Cl.NC1COCCN(C(=O)c2cc3c(cn2)c(-c2cnc4c(F)cc(F)cn24)nn3CC(F)(F)F)C1. The maximum absolute atomic E-state index is 14.1. The van der Waals surface area contributed by atoms with Crippen molar-refractivity contribution in [2.24, 2.45) is 5.73 Å². The molecule has 5 rings (SSSR count). The van der Waals surface area contributed by atoms with Gasteiger partial charge in [0.1, 0.15) is 23.7 Å². The molecule has 5 heterocycles. The number of nitrogens with zero attached hydrogens (tertiary/aromatic N) is 6. The van der Waals surface area contributed by atoms with Crippen molar-refractivity contribution in [2.75, 3.05) is 26.3 Å². The second kappa shape index (κ2) is 9.59. The van der Waals surface area contributed by atoms with E-state index in [1.807, 2.05) is 0 Å². The lowest BCUT2D eigenvalue weighted by atomic mass is 10.2. The lowest BCUT2D eigenvalue weighted by molar-refractivity contribution is -0.141. The molecule has 1 aliphatic rings. The molecule has 1 atom stereocenters. The van der Waals surface area contributed by atoms with Gasteiger partial charge >= 0.3 is 6.18 Å². The number of amides is 1. The van der Waals surface area contributed by atoms with Crippen LogP contribution in [0.15, 0.2) is 30.7 Å². The van der Waals surface area contributed by atoms with Gasteiger partial charge in [0.05, 0.1) is 30.6 Å². The number of fused-ring (bicyclic) bond motifs is 2. The molecule has 0 bridgehead atoms. The third kappa shape index (κ3) is 4.83. The number of hydrogen-bond acceptors (Lipinski definition) is 6. The van der Waals surface area contributed by atoms with Gasteiger partial charge in [-0.15, -0.1) is 12.4 Å². The summed E-state index contributed by atoms with van der Waals surface area (Å²) in [4.78, 5) is 22.5. The van der Waals surface area contributed by atoms with E-state index in [4.69, 9.17) is 10.5 Å². The number of pyridine rings is 2. The molecule has 9 nitrogen and oxygen atoms in total. The fourth-order valence-corrected chi connectivity index (χ4v) is 4.04. The largest absolute Gasteiger partial charge is 0.408 e. The van der Waals surface area contributed by atoms with E-state index in [-0.39, 0.29) is 72.3 Å². The van der Waals surface area contributed by atoms with Crippen molar-refractivity contribution < 1.29 is 31.5 Å². The minimum Gasteiger partial charge on any atom is -0.378 e. The summed E-state index contributed by atoms with van der Waals surface area (Å²) >= 11 is 0. The minimum atomic E-state index is -4.63. The van der Waals surface area contributed by atoms with Crippen molar-refractivity contribution in [3.8, 4) is 11.4 Å². The predicted octanol–water partition coefficient (Wildman–Crippen LogP) is 2.81. The number of alkyl halides is 3. The molecule has 15 heteroatoms. The highest BCUT2D eigenvalue weighted by atomic mass is 35.5. The van der Waals surface area contributed by atoms with Gasteiger partial charge in [0.15, 0.2) is 11.5 Å². The minimum absolute atomic E-state index is 0. The Bertz CT molecular complexity index is 1440. The van der Waals surface area contributed by atoms with Gasteiger partial charge < -0.3 is 15.4 Å². The van der Waals surface area contributed by atoms with Crippen molar-refractivity contribution in [2.45, 2.75) is 18.8 Å². The average molecular weight is 532 g/mol. The summed E-state index contributed by atoms with van der Waals surface area (Å²) in [7, 11) is 0. The molecule has 0 radical (unpaired) electrons. The molecule has 0 spiro atoms. The van der Waals surface area contributed by atoms with Gasteiger partial charge in [0, 0.05) is 43.0 Å². The van der Waals surface area contributed by atoms with Crippen LogP contribution < -0.4 is 5.73 Å². The molecule has 0 aromatic carbocycles. The third-order valence-corrected chi connectivity index (χ3v) is 5.53. The van der Waals surface area contributed by atoms with E-state index in [0.29, 0.717) is 10.7 Å². The first kappa shape index (κ1) is 25.7. The molecule has 1 saturated heterocycles. The summed E-state index contributed by atoms with van der Waals surface area (Å²) in [5.41, 5.74) is 5.58. The summed E-state index contributed by atoms with van der Waals surface area (Å²) in [6, 6.07) is 1.44. The van der Waals surface area contributed by atoms with Gasteiger partial charge in [0.25, 0.3) is 5.91 Å². The number of nitrogens with two attached hydrogens (primary N) is 1. The molecule has 1 aliphatic heterocycles. The van der Waals surface area contributed by atoms with Crippen LogP contribution in [0.5, 0.6) is 0 Å². The standard InChI is InChI=1S/C21H18F5N7O2.ClH/c22-11-3-14(23)19-29-6-17(32(19)7-11)18-13-5-28-15(4-16(13)33(30-18)10-21(24,25)26)20(34)31-1-2-35-9-12(27)8-31;/h3-7,12H,1-2,8-10,27H2;1H. The second-order valence-corrected chi connectivity index (χ2v) is 8.14. The number of halogens is 6. The number of aromatic nitrogens is 5. The van der Waals surface area contributed by atoms with E-state index in [1.165, 1.54) is 23.4 Å². The summed E-state index contributed by atoms with van der Waals surface area (Å²) in [6.45, 7) is -0.469. The fourth-order valence-electron chi connectivity index (χ4n) is 4.04. The quantitative estimate of drug-likeness (QED) is 0.408. The van der Waals surface area contributed by atoms with Crippen molar-refractivity contribution in [3.05, 3.63) is 48.1 Å². The summed E-state index contributed by atoms with van der Waals surface area (Å²) in [5, 5.41) is 4.20. The average Bonchev–Trinajstić information content (AvgIpc) is 3.27. The van der Waals surface area contributed by atoms with Crippen LogP contribution in [0.1, 0.15) is 10.5 Å². The van der Waals surface area contributed by atoms with Crippen LogP contribution in [0.4, 0.5) is 22.0 Å².